The number of ketones is 1. The lowest BCUT2D eigenvalue weighted by atomic mass is 10.2. The first-order chi connectivity index (χ1) is 5.16. The molecule has 0 N–H and O–H groups in total. The monoisotopic (exact) mass is 152 g/mol. The Hall–Kier alpha value is -1.17. The van der Waals surface area contributed by atoms with E-state index in [1.807, 2.05) is 13.8 Å². The number of nitrogens with zero attached hydrogens (tertiary/aromatic N) is 2. The van der Waals surface area contributed by atoms with E-state index in [1.165, 1.54) is 0 Å². The first kappa shape index (κ1) is 9.83. The Morgan fingerprint density at radius 2 is 2.36 bits per heavy atom. The molecule has 11 heavy (non-hydrogen) atoms. The fourth-order valence-corrected chi connectivity index (χ4v) is 0.509. The predicted molar refractivity (Wildman–Crippen MR) is 43.4 cm³/mol. The van der Waals surface area contributed by atoms with E-state index in [1.54, 1.807) is 12.3 Å². The zero-order valence-electron chi connectivity index (χ0n) is 6.87. The molecular formula is C8H12N2O. The van der Waals surface area contributed by atoms with Gasteiger partial charge in [-0.25, -0.2) is 0 Å². The summed E-state index contributed by atoms with van der Waals surface area (Å²) in [6.07, 6.45) is 1.69. The van der Waals surface area contributed by atoms with Gasteiger partial charge in [0, 0.05) is 6.21 Å². The molecule has 0 heterocycles. The zero-order chi connectivity index (χ0) is 8.69. The Morgan fingerprint density at radius 3 is 2.82 bits per heavy atom. The Bertz CT molecular complexity index is 189. The van der Waals surface area contributed by atoms with Crippen molar-refractivity contribution in [3.05, 3.63) is 0 Å². The van der Waals surface area contributed by atoms with Crippen LogP contribution in [0.3, 0.4) is 0 Å². The van der Waals surface area contributed by atoms with Gasteiger partial charge in [0.1, 0.15) is 0 Å². The molecule has 0 saturated carbocycles. The smallest absolute Gasteiger partial charge is 0.168 e. The molecular weight excluding hydrogens is 140 g/mol. The van der Waals surface area contributed by atoms with E-state index in [0.717, 1.165) is 0 Å². The molecule has 0 fully saturated rings. The second-order valence-corrected chi connectivity index (χ2v) is 2.61. The average molecular weight is 152 g/mol. The molecule has 0 aromatic carbocycles. The summed E-state index contributed by atoms with van der Waals surface area (Å²) in [6.45, 7) is 4.11. The molecule has 0 spiro atoms. The number of carbonyl (C=O) groups is 1. The van der Waals surface area contributed by atoms with Crippen LogP contribution in [0.4, 0.5) is 0 Å². The molecule has 0 atom stereocenters. The maximum absolute atomic E-state index is 10.7. The SMILES string of the molecule is CC(C)C=NCC(=O)CC#N. The molecule has 0 aliphatic heterocycles. The summed E-state index contributed by atoms with van der Waals surface area (Å²) in [5.74, 6) is 0.245. The number of rotatable bonds is 4. The van der Waals surface area contributed by atoms with Crippen molar-refractivity contribution in [2.75, 3.05) is 6.54 Å². The summed E-state index contributed by atoms with van der Waals surface area (Å²) >= 11 is 0. The highest BCUT2D eigenvalue weighted by molar-refractivity contribution is 5.83. The summed E-state index contributed by atoms with van der Waals surface area (Å²) in [7, 11) is 0. The van der Waals surface area contributed by atoms with Crippen LogP contribution in [0.25, 0.3) is 0 Å². The third kappa shape index (κ3) is 6.72. The minimum Gasteiger partial charge on any atom is -0.296 e. The number of hydrogen-bond donors (Lipinski definition) is 0. The first-order valence-corrected chi connectivity index (χ1v) is 3.55. The molecule has 0 aromatic rings. The van der Waals surface area contributed by atoms with Gasteiger partial charge < -0.3 is 0 Å². The predicted octanol–water partition coefficient (Wildman–Crippen LogP) is 1.20. The van der Waals surface area contributed by atoms with E-state index in [4.69, 9.17) is 5.26 Å². The molecule has 60 valence electrons. The van der Waals surface area contributed by atoms with Crippen LogP contribution in [0.15, 0.2) is 4.99 Å². The Kier molecular flexibility index (Phi) is 5.01. The van der Waals surface area contributed by atoms with Crippen LogP contribution in [0.5, 0.6) is 0 Å². The van der Waals surface area contributed by atoms with Crippen molar-refractivity contribution in [3.63, 3.8) is 0 Å². The van der Waals surface area contributed by atoms with Crippen LogP contribution in [-0.2, 0) is 4.79 Å². The van der Waals surface area contributed by atoms with Crippen LogP contribution in [-0.4, -0.2) is 18.5 Å². The Labute approximate surface area is 66.7 Å². The maximum atomic E-state index is 10.7. The molecule has 0 saturated heterocycles. The van der Waals surface area contributed by atoms with Crippen molar-refractivity contribution in [1.82, 2.24) is 0 Å². The van der Waals surface area contributed by atoms with Crippen LogP contribution >= 0.6 is 0 Å². The normalized spacial score (nSPS) is 10.4. The van der Waals surface area contributed by atoms with Crippen molar-refractivity contribution in [1.29, 1.82) is 5.26 Å². The topological polar surface area (TPSA) is 53.2 Å². The van der Waals surface area contributed by atoms with E-state index in [-0.39, 0.29) is 18.7 Å². The van der Waals surface area contributed by atoms with Crippen molar-refractivity contribution >= 4 is 12.0 Å². The van der Waals surface area contributed by atoms with E-state index in [0.29, 0.717) is 5.92 Å². The lowest BCUT2D eigenvalue weighted by Gasteiger charge is -1.91. The van der Waals surface area contributed by atoms with Crippen LogP contribution in [0.2, 0.25) is 0 Å². The van der Waals surface area contributed by atoms with Gasteiger partial charge >= 0.3 is 0 Å². The fourth-order valence-electron chi connectivity index (χ4n) is 0.509. The molecule has 0 aliphatic rings. The Balaban J connectivity index is 3.55. The van der Waals surface area contributed by atoms with Crippen molar-refractivity contribution in [3.8, 4) is 6.07 Å². The van der Waals surface area contributed by atoms with Gasteiger partial charge in [0.05, 0.1) is 19.0 Å². The Morgan fingerprint density at radius 1 is 1.73 bits per heavy atom. The quantitative estimate of drug-likeness (QED) is 0.568. The summed E-state index contributed by atoms with van der Waals surface area (Å²) < 4.78 is 0. The van der Waals surface area contributed by atoms with Gasteiger partial charge in [0.15, 0.2) is 5.78 Å². The minimum absolute atomic E-state index is 0.0323. The number of hydrogen-bond acceptors (Lipinski definition) is 3. The molecule has 0 aliphatic carbocycles. The summed E-state index contributed by atoms with van der Waals surface area (Å²) in [5, 5.41) is 8.12. The molecule has 3 heteroatoms. The zero-order valence-corrected chi connectivity index (χ0v) is 6.87. The van der Waals surface area contributed by atoms with E-state index < -0.39 is 0 Å². The van der Waals surface area contributed by atoms with Gasteiger partial charge in [-0.05, 0) is 5.92 Å². The summed E-state index contributed by atoms with van der Waals surface area (Å²) in [4.78, 5) is 14.6. The van der Waals surface area contributed by atoms with Gasteiger partial charge in [-0.3, -0.25) is 9.79 Å². The number of nitriles is 1. The molecule has 0 unspecified atom stereocenters. The largest absolute Gasteiger partial charge is 0.296 e. The van der Waals surface area contributed by atoms with Gasteiger partial charge in [-0.2, -0.15) is 5.26 Å². The minimum atomic E-state index is -0.121. The highest BCUT2D eigenvalue weighted by atomic mass is 16.1. The molecule has 0 bridgehead atoms. The molecule has 0 amide bonds. The third-order valence-corrected chi connectivity index (χ3v) is 0.947. The standard InChI is InChI=1S/C8H12N2O/c1-7(2)5-10-6-8(11)3-4-9/h5,7H,3,6H2,1-2H3. The fraction of sp³-hybridized carbons (Fsp3) is 0.625. The van der Waals surface area contributed by atoms with Gasteiger partial charge in [-0.1, -0.05) is 13.8 Å². The van der Waals surface area contributed by atoms with E-state index >= 15 is 0 Å². The lowest BCUT2D eigenvalue weighted by molar-refractivity contribution is -0.116. The second kappa shape index (κ2) is 5.60. The van der Waals surface area contributed by atoms with Crippen molar-refractivity contribution in [2.24, 2.45) is 10.9 Å². The average Bonchev–Trinajstić information content (AvgIpc) is 1.87. The molecule has 0 radical (unpaired) electrons. The molecule has 0 rings (SSSR count). The molecule has 3 nitrogen and oxygen atoms in total. The van der Waals surface area contributed by atoms with Crippen LogP contribution in [0.1, 0.15) is 20.3 Å². The highest BCUT2D eigenvalue weighted by Crippen LogP contribution is 1.86. The number of aliphatic imine (C=N–C) groups is 1. The van der Waals surface area contributed by atoms with Gasteiger partial charge in [0.25, 0.3) is 0 Å². The van der Waals surface area contributed by atoms with Crippen LogP contribution < -0.4 is 0 Å². The summed E-state index contributed by atoms with van der Waals surface area (Å²) in [6, 6.07) is 1.78. The van der Waals surface area contributed by atoms with Gasteiger partial charge in [0.2, 0.25) is 0 Å². The van der Waals surface area contributed by atoms with Gasteiger partial charge in [-0.15, -0.1) is 0 Å². The van der Waals surface area contributed by atoms with Crippen molar-refractivity contribution < 1.29 is 4.79 Å². The second-order valence-electron chi connectivity index (χ2n) is 2.61. The first-order valence-electron chi connectivity index (χ1n) is 3.55. The number of Topliss-reactive ketones (excluding diaryl/α,β-unsaturated/α-hetero) is 1. The maximum Gasteiger partial charge on any atom is 0.168 e. The van der Waals surface area contributed by atoms with E-state index in [9.17, 15) is 4.79 Å². The summed E-state index contributed by atoms with van der Waals surface area (Å²) in [5.41, 5.74) is 0. The number of carbonyl (C=O) groups excluding carboxylic acids is 1. The van der Waals surface area contributed by atoms with E-state index in [2.05, 4.69) is 4.99 Å². The lowest BCUT2D eigenvalue weighted by Crippen LogP contribution is -2.01. The third-order valence-electron chi connectivity index (χ3n) is 0.947. The molecule has 0 aromatic heterocycles. The van der Waals surface area contributed by atoms with Crippen molar-refractivity contribution in [2.45, 2.75) is 20.3 Å². The highest BCUT2D eigenvalue weighted by Gasteiger charge is 1.96. The van der Waals surface area contributed by atoms with Crippen LogP contribution in [0, 0.1) is 17.2 Å².